The van der Waals surface area contributed by atoms with Crippen LogP contribution < -0.4 is 4.72 Å². The number of benzene rings is 1. The van der Waals surface area contributed by atoms with Crippen molar-refractivity contribution in [2.24, 2.45) is 7.05 Å². The molecule has 0 bridgehead atoms. The van der Waals surface area contributed by atoms with Crippen LogP contribution in [0.4, 0.5) is 0 Å². The van der Waals surface area contributed by atoms with Gasteiger partial charge >= 0.3 is 0 Å². The first-order chi connectivity index (χ1) is 14.2. The van der Waals surface area contributed by atoms with Crippen molar-refractivity contribution in [2.75, 3.05) is 0 Å². The third kappa shape index (κ3) is 4.94. The molecular weight excluding hydrogens is 424 g/mol. The fourth-order valence-corrected chi connectivity index (χ4v) is 4.36. The van der Waals surface area contributed by atoms with Gasteiger partial charge in [0.2, 0.25) is 5.91 Å². The molecule has 0 saturated heterocycles. The molecule has 3 rings (SSSR count). The molecule has 7 nitrogen and oxygen atoms in total. The van der Waals surface area contributed by atoms with Crippen LogP contribution in [-0.2, 0) is 21.9 Å². The molecule has 0 unspecified atom stereocenters. The lowest BCUT2D eigenvalue weighted by molar-refractivity contribution is -0.119. The van der Waals surface area contributed by atoms with Crippen molar-refractivity contribution in [1.82, 2.24) is 19.1 Å². The summed E-state index contributed by atoms with van der Waals surface area (Å²) in [5.41, 5.74) is 2.24. The molecule has 0 fully saturated rings. The zero-order chi connectivity index (χ0) is 21.9. The number of carbonyl (C=O) groups is 1. The number of fused-ring (bicyclic) bond motifs is 1. The Kier molecular flexibility index (Phi) is 6.67. The van der Waals surface area contributed by atoms with E-state index >= 15 is 0 Å². The van der Waals surface area contributed by atoms with E-state index in [0.29, 0.717) is 28.5 Å². The molecule has 0 spiro atoms. The van der Waals surface area contributed by atoms with Gasteiger partial charge in [-0.25, -0.2) is 13.1 Å². The Labute approximate surface area is 181 Å². The first-order valence-corrected chi connectivity index (χ1v) is 11.7. The van der Waals surface area contributed by atoms with Gasteiger partial charge in [-0.1, -0.05) is 31.4 Å². The van der Waals surface area contributed by atoms with E-state index in [1.54, 1.807) is 17.8 Å². The van der Waals surface area contributed by atoms with E-state index in [-0.39, 0.29) is 6.42 Å². The van der Waals surface area contributed by atoms with Crippen molar-refractivity contribution >= 4 is 44.5 Å². The van der Waals surface area contributed by atoms with Crippen molar-refractivity contribution in [1.29, 1.82) is 0 Å². The van der Waals surface area contributed by atoms with Crippen LogP contribution in [-0.4, -0.2) is 28.7 Å². The first kappa shape index (κ1) is 22.1. The molecule has 1 N–H and O–H groups in total. The number of nitrogens with zero attached hydrogens (tertiary/aromatic N) is 3. The third-order valence-electron chi connectivity index (χ3n) is 4.80. The highest BCUT2D eigenvalue weighted by molar-refractivity contribution is 7.93. The van der Waals surface area contributed by atoms with Crippen molar-refractivity contribution in [3.63, 3.8) is 0 Å². The summed E-state index contributed by atoms with van der Waals surface area (Å²) in [6.07, 6.45) is 6.06. The van der Waals surface area contributed by atoms with Gasteiger partial charge in [-0.15, -0.1) is 0 Å². The number of nitrogens with one attached hydrogen (secondary N) is 1. The highest BCUT2D eigenvalue weighted by Gasteiger charge is 2.17. The van der Waals surface area contributed by atoms with Gasteiger partial charge in [0.05, 0.1) is 16.6 Å². The molecule has 9 heteroatoms. The maximum absolute atomic E-state index is 12.3. The fourth-order valence-electron chi connectivity index (χ4n) is 3.38. The number of carbonyl (C=O) groups excluding carboxylic acids is 1. The second-order valence-corrected chi connectivity index (χ2v) is 9.17. The monoisotopic (exact) mass is 448 g/mol. The molecule has 0 saturated carbocycles. The quantitative estimate of drug-likeness (QED) is 0.520. The lowest BCUT2D eigenvalue weighted by atomic mass is 10.2. The topological polar surface area (TPSA) is 86.0 Å². The minimum atomic E-state index is -3.90. The molecule has 2 aromatic heterocycles. The van der Waals surface area contributed by atoms with Crippen LogP contribution in [0.1, 0.15) is 43.9 Å². The number of hydrogen-bond donors (Lipinski definition) is 1. The smallest absolute Gasteiger partial charge is 0.257 e. The van der Waals surface area contributed by atoms with E-state index in [1.165, 1.54) is 6.08 Å². The van der Waals surface area contributed by atoms with Crippen molar-refractivity contribution in [2.45, 2.75) is 39.5 Å². The Hall–Kier alpha value is -2.58. The molecule has 0 aliphatic heterocycles. The molecule has 160 valence electrons. The number of hydrogen-bond acceptors (Lipinski definition) is 4. The van der Waals surface area contributed by atoms with Crippen LogP contribution in [0.2, 0.25) is 5.02 Å². The molecule has 0 radical (unpaired) electrons. The van der Waals surface area contributed by atoms with Gasteiger partial charge in [-0.05, 0) is 43.7 Å². The van der Waals surface area contributed by atoms with Gasteiger partial charge in [0.1, 0.15) is 5.82 Å². The number of unbranched alkanes of at least 4 members (excludes halogenated alkanes) is 2. The first-order valence-electron chi connectivity index (χ1n) is 9.76. The average molecular weight is 449 g/mol. The molecule has 2 heterocycles. The van der Waals surface area contributed by atoms with Crippen LogP contribution >= 0.6 is 11.6 Å². The highest BCUT2D eigenvalue weighted by atomic mass is 35.5. The summed E-state index contributed by atoms with van der Waals surface area (Å²) in [7, 11) is -2.10. The predicted molar refractivity (Wildman–Crippen MR) is 120 cm³/mol. The molecule has 1 aromatic carbocycles. The van der Waals surface area contributed by atoms with Crippen LogP contribution in [0.25, 0.3) is 22.8 Å². The van der Waals surface area contributed by atoms with E-state index in [1.807, 2.05) is 42.8 Å². The molecule has 3 aromatic rings. The number of rotatable bonds is 8. The fraction of sp³-hybridized carbons (Fsp3) is 0.333. The number of amides is 1. The molecule has 0 atom stereocenters. The normalized spacial score (nSPS) is 12.1. The lowest BCUT2D eigenvalue weighted by Crippen LogP contribution is -2.28. The van der Waals surface area contributed by atoms with Crippen LogP contribution in [0, 0.1) is 6.92 Å². The van der Waals surface area contributed by atoms with Crippen LogP contribution in [0.5, 0.6) is 0 Å². The summed E-state index contributed by atoms with van der Waals surface area (Å²) in [5.74, 6) is 0.218. The van der Waals surface area contributed by atoms with E-state index in [2.05, 4.69) is 9.82 Å². The summed E-state index contributed by atoms with van der Waals surface area (Å²) in [6, 6.07) is 7.51. The van der Waals surface area contributed by atoms with Crippen molar-refractivity contribution < 1.29 is 13.2 Å². The summed E-state index contributed by atoms with van der Waals surface area (Å²) in [6.45, 7) is 3.83. The average Bonchev–Trinajstić information content (AvgIpc) is 3.18. The number of aromatic nitrogens is 3. The third-order valence-corrected chi connectivity index (χ3v) is 6.04. The predicted octanol–water partition coefficient (Wildman–Crippen LogP) is 4.32. The Balaban J connectivity index is 1.91. The SMILES string of the molecule is CCCCCC(=O)NS(=O)(=O)/C=C/c1c(C)nn(C)c1-n1ccc2cc(Cl)ccc21. The van der Waals surface area contributed by atoms with Gasteiger partial charge in [-0.2, -0.15) is 5.10 Å². The van der Waals surface area contributed by atoms with E-state index in [9.17, 15) is 13.2 Å². The van der Waals surface area contributed by atoms with E-state index < -0.39 is 15.9 Å². The standard InChI is InChI=1S/C21H25ClN4O3S/c1-4-5-6-7-20(27)24-30(28,29)13-11-18-15(2)23-25(3)21(18)26-12-10-16-14-17(22)8-9-19(16)26/h8-14H,4-7H2,1-3H3,(H,24,27)/b13-11+. The molecule has 0 aliphatic rings. The maximum atomic E-state index is 12.3. The van der Waals surface area contributed by atoms with Crippen LogP contribution in [0.3, 0.4) is 0 Å². The van der Waals surface area contributed by atoms with Crippen molar-refractivity contribution in [3.8, 4) is 5.82 Å². The molecule has 1 amide bonds. The second kappa shape index (κ2) is 9.06. The Bertz CT molecular complexity index is 1210. The van der Waals surface area contributed by atoms with Crippen molar-refractivity contribution in [3.05, 3.63) is 52.2 Å². The zero-order valence-corrected chi connectivity index (χ0v) is 18.8. The summed E-state index contributed by atoms with van der Waals surface area (Å²) in [4.78, 5) is 11.9. The molecule has 0 aliphatic carbocycles. The minimum absolute atomic E-state index is 0.190. The Morgan fingerprint density at radius 1 is 1.27 bits per heavy atom. The summed E-state index contributed by atoms with van der Waals surface area (Å²) >= 11 is 6.08. The summed E-state index contributed by atoms with van der Waals surface area (Å²) < 4.78 is 30.4. The molecular formula is C21H25ClN4O3S. The Morgan fingerprint density at radius 2 is 2.03 bits per heavy atom. The van der Waals surface area contributed by atoms with Gasteiger partial charge in [0.25, 0.3) is 10.0 Å². The van der Waals surface area contributed by atoms with Gasteiger partial charge in [0.15, 0.2) is 0 Å². The van der Waals surface area contributed by atoms with Gasteiger partial charge in [-0.3, -0.25) is 9.48 Å². The minimum Gasteiger partial charge on any atom is -0.301 e. The molecule has 30 heavy (non-hydrogen) atoms. The maximum Gasteiger partial charge on any atom is 0.257 e. The van der Waals surface area contributed by atoms with E-state index in [4.69, 9.17) is 11.6 Å². The largest absolute Gasteiger partial charge is 0.301 e. The lowest BCUT2D eigenvalue weighted by Gasteiger charge is -2.08. The van der Waals surface area contributed by atoms with Crippen LogP contribution in [0.15, 0.2) is 35.9 Å². The van der Waals surface area contributed by atoms with Gasteiger partial charge < -0.3 is 4.57 Å². The number of aryl methyl sites for hydroxylation is 2. The number of halogens is 1. The highest BCUT2D eigenvalue weighted by Crippen LogP contribution is 2.27. The Morgan fingerprint density at radius 3 is 2.77 bits per heavy atom. The second-order valence-electron chi connectivity index (χ2n) is 7.17. The van der Waals surface area contributed by atoms with E-state index in [0.717, 1.165) is 29.2 Å². The summed E-state index contributed by atoms with van der Waals surface area (Å²) in [5, 5.41) is 7.06. The van der Waals surface area contributed by atoms with Gasteiger partial charge in [0, 0.05) is 35.6 Å². The zero-order valence-electron chi connectivity index (χ0n) is 17.2. The number of sulfonamides is 1.